The molecule has 0 aliphatic heterocycles. The molecule has 0 spiro atoms. The summed E-state index contributed by atoms with van der Waals surface area (Å²) in [5.74, 6) is 0.115. The summed E-state index contributed by atoms with van der Waals surface area (Å²) >= 11 is 0. The highest BCUT2D eigenvalue weighted by atomic mass is 32.2. The van der Waals surface area contributed by atoms with Crippen LogP contribution in [-0.2, 0) is 21.3 Å². The number of ether oxygens (including phenoxy) is 2. The number of pyridine rings is 1. The van der Waals surface area contributed by atoms with Gasteiger partial charge < -0.3 is 24.5 Å². The lowest BCUT2D eigenvalue weighted by Crippen LogP contribution is -2.42. The monoisotopic (exact) mass is 567 g/mol. The summed E-state index contributed by atoms with van der Waals surface area (Å²) in [6.45, 7) is 6.86. The van der Waals surface area contributed by atoms with Crippen molar-refractivity contribution < 1.29 is 27.8 Å². The number of hydrogen-bond donors (Lipinski definition) is 3. The summed E-state index contributed by atoms with van der Waals surface area (Å²) in [6.07, 6.45) is 2.34. The van der Waals surface area contributed by atoms with E-state index in [0.29, 0.717) is 29.7 Å². The van der Waals surface area contributed by atoms with Crippen LogP contribution in [0.25, 0.3) is 11.0 Å². The fourth-order valence-electron chi connectivity index (χ4n) is 4.01. The van der Waals surface area contributed by atoms with Crippen molar-refractivity contribution in [3.63, 3.8) is 0 Å². The van der Waals surface area contributed by atoms with E-state index in [9.17, 15) is 18.3 Å². The number of hydrogen-bond acceptors (Lipinski definition) is 9. The van der Waals surface area contributed by atoms with Gasteiger partial charge in [0, 0.05) is 30.4 Å². The fraction of sp³-hybridized carbons (Fsp3) is 0.321. The molecule has 0 saturated heterocycles. The summed E-state index contributed by atoms with van der Waals surface area (Å²) < 4.78 is 39.6. The van der Waals surface area contributed by atoms with Crippen LogP contribution < -0.4 is 14.8 Å². The van der Waals surface area contributed by atoms with Crippen molar-refractivity contribution in [2.24, 2.45) is 0 Å². The number of aryl methyl sites for hydroxylation is 1. The molecule has 12 heteroatoms. The summed E-state index contributed by atoms with van der Waals surface area (Å²) in [5, 5.41) is 14.2. The first-order chi connectivity index (χ1) is 19.1. The Hall–Kier alpha value is -4.00. The van der Waals surface area contributed by atoms with E-state index < -0.39 is 22.3 Å². The minimum absolute atomic E-state index is 0.115. The molecular weight excluding hydrogens is 534 g/mol. The normalized spacial score (nSPS) is 12.7. The number of β-amino-alcohol motifs (C(OH)–C–C–N with tert-alkyl or cyclic N) is 1. The van der Waals surface area contributed by atoms with E-state index in [2.05, 4.69) is 20.0 Å². The Balaban J connectivity index is 1.33. The molecule has 0 radical (unpaired) electrons. The third-order valence-electron chi connectivity index (χ3n) is 6.26. The van der Waals surface area contributed by atoms with Gasteiger partial charge in [0.15, 0.2) is 0 Å². The van der Waals surface area contributed by atoms with Crippen molar-refractivity contribution in [2.75, 3.05) is 17.9 Å². The van der Waals surface area contributed by atoms with Crippen LogP contribution in [0.15, 0.2) is 78.1 Å². The van der Waals surface area contributed by atoms with Crippen LogP contribution in [0.4, 0.5) is 10.5 Å². The molecule has 212 valence electrons. The number of nitrogens with one attached hydrogen (secondary N) is 2. The first-order valence-corrected chi connectivity index (χ1v) is 14.3. The second-order valence-corrected chi connectivity index (χ2v) is 11.5. The number of imidazole rings is 1. The molecule has 0 aliphatic rings. The van der Waals surface area contributed by atoms with Gasteiger partial charge in [-0.3, -0.25) is 4.72 Å². The standard InChI is InChI=1S/C28H33N5O6S/c1-4-38-27(35)39-26-16-23-24(17-29-26)33(19-30-23)14-13-28(2,3)31-18-25(34)20-9-8-10-21(15-20)32-40(36,37)22-11-6-5-7-12-22/h5-12,15-17,19,25,31-32,34H,4,13-14,18H2,1-3H3. The number of rotatable bonds is 12. The average molecular weight is 568 g/mol. The first kappa shape index (κ1) is 29.0. The van der Waals surface area contributed by atoms with Gasteiger partial charge in [0.25, 0.3) is 10.0 Å². The Labute approximate surface area is 233 Å². The highest BCUT2D eigenvalue weighted by Crippen LogP contribution is 2.23. The minimum Gasteiger partial charge on any atom is -0.434 e. The number of aliphatic hydroxyl groups excluding tert-OH is 1. The van der Waals surface area contributed by atoms with Gasteiger partial charge in [-0.05, 0) is 57.0 Å². The van der Waals surface area contributed by atoms with E-state index in [-0.39, 0.29) is 29.5 Å². The fourth-order valence-corrected chi connectivity index (χ4v) is 5.08. The van der Waals surface area contributed by atoms with Crippen LogP contribution in [0, 0.1) is 0 Å². The molecule has 4 rings (SSSR count). The van der Waals surface area contributed by atoms with Crippen molar-refractivity contribution in [2.45, 2.75) is 50.3 Å². The van der Waals surface area contributed by atoms with E-state index in [0.717, 1.165) is 5.52 Å². The first-order valence-electron chi connectivity index (χ1n) is 12.8. The van der Waals surface area contributed by atoms with Gasteiger partial charge in [0.2, 0.25) is 5.88 Å². The molecule has 2 aromatic carbocycles. The second kappa shape index (κ2) is 12.5. The molecule has 0 amide bonds. The molecule has 4 aromatic rings. The molecule has 2 heterocycles. The van der Waals surface area contributed by atoms with E-state index >= 15 is 0 Å². The second-order valence-electron chi connectivity index (χ2n) is 9.81. The molecule has 0 aliphatic carbocycles. The van der Waals surface area contributed by atoms with Gasteiger partial charge in [-0.2, -0.15) is 0 Å². The van der Waals surface area contributed by atoms with Crippen LogP contribution in [0.5, 0.6) is 5.88 Å². The molecule has 1 unspecified atom stereocenters. The Kier molecular flexibility index (Phi) is 9.03. The Morgan fingerprint density at radius 2 is 1.88 bits per heavy atom. The number of fused-ring (bicyclic) bond motifs is 1. The highest BCUT2D eigenvalue weighted by Gasteiger charge is 2.21. The Bertz CT molecular complexity index is 1560. The van der Waals surface area contributed by atoms with Crippen molar-refractivity contribution in [3.8, 4) is 5.88 Å². The molecule has 11 nitrogen and oxygen atoms in total. The lowest BCUT2D eigenvalue weighted by Gasteiger charge is -2.28. The minimum atomic E-state index is -3.73. The Morgan fingerprint density at radius 3 is 2.62 bits per heavy atom. The summed E-state index contributed by atoms with van der Waals surface area (Å²) in [6, 6.07) is 16.4. The van der Waals surface area contributed by atoms with Crippen LogP contribution in [0.1, 0.15) is 38.9 Å². The molecule has 40 heavy (non-hydrogen) atoms. The number of sulfonamides is 1. The number of carbonyl (C=O) groups excluding carboxylic acids is 1. The van der Waals surface area contributed by atoms with Gasteiger partial charge in [0.1, 0.15) is 0 Å². The largest absolute Gasteiger partial charge is 0.515 e. The lowest BCUT2D eigenvalue weighted by molar-refractivity contribution is 0.103. The third-order valence-corrected chi connectivity index (χ3v) is 7.66. The maximum Gasteiger partial charge on any atom is 0.515 e. The number of benzene rings is 2. The maximum atomic E-state index is 12.7. The lowest BCUT2D eigenvalue weighted by atomic mass is 9.99. The molecule has 1 atom stereocenters. The third kappa shape index (κ3) is 7.56. The van der Waals surface area contributed by atoms with E-state index in [1.54, 1.807) is 68.0 Å². The number of nitrogens with zero attached hydrogens (tertiary/aromatic N) is 3. The van der Waals surface area contributed by atoms with E-state index in [1.807, 2.05) is 18.4 Å². The van der Waals surface area contributed by atoms with Crippen molar-refractivity contribution in [3.05, 3.63) is 78.8 Å². The summed E-state index contributed by atoms with van der Waals surface area (Å²) in [4.78, 5) is 20.2. The predicted molar refractivity (Wildman–Crippen MR) is 151 cm³/mol. The number of aliphatic hydroxyl groups is 1. The topological polar surface area (TPSA) is 145 Å². The summed E-state index contributed by atoms with van der Waals surface area (Å²) in [7, 11) is -3.73. The zero-order chi connectivity index (χ0) is 28.8. The maximum absolute atomic E-state index is 12.7. The molecule has 2 aromatic heterocycles. The van der Waals surface area contributed by atoms with E-state index in [4.69, 9.17) is 9.47 Å². The molecule has 0 bridgehead atoms. The van der Waals surface area contributed by atoms with Gasteiger partial charge in [-0.25, -0.2) is 23.2 Å². The van der Waals surface area contributed by atoms with Crippen LogP contribution >= 0.6 is 0 Å². The van der Waals surface area contributed by atoms with Crippen molar-refractivity contribution in [1.29, 1.82) is 0 Å². The van der Waals surface area contributed by atoms with Gasteiger partial charge in [-0.1, -0.05) is 30.3 Å². The predicted octanol–water partition coefficient (Wildman–Crippen LogP) is 4.26. The number of anilines is 1. The molecular formula is C28H33N5O6S. The van der Waals surface area contributed by atoms with Gasteiger partial charge in [0.05, 0.1) is 41.2 Å². The number of aromatic nitrogens is 3. The van der Waals surface area contributed by atoms with Crippen molar-refractivity contribution in [1.82, 2.24) is 19.9 Å². The van der Waals surface area contributed by atoms with Crippen LogP contribution in [0.3, 0.4) is 0 Å². The molecule has 0 saturated carbocycles. The zero-order valence-electron chi connectivity index (χ0n) is 22.6. The van der Waals surface area contributed by atoms with Crippen molar-refractivity contribution >= 4 is 32.9 Å². The molecule has 3 N–H and O–H groups in total. The molecule has 0 fully saturated rings. The van der Waals surface area contributed by atoms with Gasteiger partial charge in [-0.15, -0.1) is 0 Å². The summed E-state index contributed by atoms with van der Waals surface area (Å²) in [5.41, 5.74) is 2.05. The van der Waals surface area contributed by atoms with E-state index in [1.165, 1.54) is 12.1 Å². The SMILES string of the molecule is CCOC(=O)Oc1cc2ncn(CCC(C)(C)NCC(O)c3cccc(NS(=O)(=O)c4ccccc4)c3)c2cn1. The smallest absolute Gasteiger partial charge is 0.434 e. The van der Waals surface area contributed by atoms with Crippen LogP contribution in [-0.4, -0.2) is 52.9 Å². The number of carbonyl (C=O) groups is 1. The van der Waals surface area contributed by atoms with Crippen LogP contribution in [0.2, 0.25) is 0 Å². The quantitative estimate of drug-likeness (QED) is 0.214. The zero-order valence-corrected chi connectivity index (χ0v) is 23.4. The Morgan fingerprint density at radius 1 is 1.10 bits per heavy atom. The highest BCUT2D eigenvalue weighted by molar-refractivity contribution is 7.92. The average Bonchev–Trinajstić information content (AvgIpc) is 3.33. The van der Waals surface area contributed by atoms with Gasteiger partial charge >= 0.3 is 6.16 Å².